The predicted octanol–water partition coefficient (Wildman–Crippen LogP) is 3.24. The highest BCUT2D eigenvalue weighted by molar-refractivity contribution is 6.30. The van der Waals surface area contributed by atoms with Crippen LogP contribution in [0.5, 0.6) is 0 Å². The molecule has 0 unspecified atom stereocenters. The van der Waals surface area contributed by atoms with Gasteiger partial charge in [0.05, 0.1) is 6.42 Å². The van der Waals surface area contributed by atoms with E-state index < -0.39 is 24.8 Å². The van der Waals surface area contributed by atoms with Gasteiger partial charge in [-0.2, -0.15) is 17.9 Å². The quantitative estimate of drug-likeness (QED) is 0.405. The zero-order valence-corrected chi connectivity index (χ0v) is 18.5. The number of aromatic nitrogens is 8. The van der Waals surface area contributed by atoms with Crippen molar-refractivity contribution in [2.24, 2.45) is 7.05 Å². The van der Waals surface area contributed by atoms with E-state index in [-0.39, 0.29) is 12.4 Å². The summed E-state index contributed by atoms with van der Waals surface area (Å²) >= 11 is 5.92. The van der Waals surface area contributed by atoms with E-state index in [9.17, 15) is 18.0 Å². The van der Waals surface area contributed by atoms with Crippen LogP contribution in [-0.4, -0.2) is 44.8 Å². The molecule has 0 saturated carbocycles. The highest BCUT2D eigenvalue weighted by atomic mass is 35.5. The maximum Gasteiger partial charge on any atom is 0.390 e. The largest absolute Gasteiger partial charge is 0.390 e. The fourth-order valence-corrected chi connectivity index (χ4v) is 3.47. The number of aryl methyl sites for hydroxylation is 2. The Balaban J connectivity index is 1.72. The lowest BCUT2D eigenvalue weighted by Gasteiger charge is -2.08. The molecule has 33 heavy (non-hydrogen) atoms. The molecule has 174 valence electrons. The van der Waals surface area contributed by atoms with Crippen molar-refractivity contribution < 1.29 is 13.2 Å². The normalized spacial score (nSPS) is 11.9. The molecule has 0 radical (unpaired) electrons. The van der Waals surface area contributed by atoms with Gasteiger partial charge in [0.1, 0.15) is 12.4 Å². The van der Waals surface area contributed by atoms with Gasteiger partial charge >= 0.3 is 11.9 Å². The van der Waals surface area contributed by atoms with Crippen LogP contribution >= 0.6 is 11.6 Å². The number of rotatable bonds is 7. The number of benzene rings is 1. The Bertz CT molecular complexity index is 1320. The molecule has 0 spiro atoms. The topological polar surface area (TPSA) is 88.3 Å². The van der Waals surface area contributed by atoms with E-state index in [0.29, 0.717) is 34.6 Å². The molecule has 13 heteroatoms. The molecule has 4 aromatic rings. The van der Waals surface area contributed by atoms with Gasteiger partial charge in [0, 0.05) is 43.0 Å². The maximum atomic E-state index is 13.0. The number of alkyl halides is 3. The van der Waals surface area contributed by atoms with Gasteiger partial charge in [-0.25, -0.2) is 19.4 Å². The number of hydrogen-bond acceptors (Lipinski definition) is 5. The lowest BCUT2D eigenvalue weighted by Crippen LogP contribution is -2.27. The third-order valence-electron chi connectivity index (χ3n) is 4.95. The van der Waals surface area contributed by atoms with Crippen LogP contribution in [-0.2, 0) is 26.6 Å². The zero-order valence-electron chi connectivity index (χ0n) is 17.8. The van der Waals surface area contributed by atoms with E-state index in [0.717, 1.165) is 9.25 Å². The van der Waals surface area contributed by atoms with Crippen LogP contribution < -0.4 is 5.69 Å². The molecule has 0 aliphatic carbocycles. The minimum atomic E-state index is -4.42. The molecule has 0 aliphatic heterocycles. The molecule has 0 bridgehead atoms. The lowest BCUT2D eigenvalue weighted by molar-refractivity contribution is -0.136. The number of imidazole rings is 1. The fourth-order valence-electron chi connectivity index (χ4n) is 3.34. The summed E-state index contributed by atoms with van der Waals surface area (Å²) in [6.07, 6.45) is -1.63. The summed E-state index contributed by atoms with van der Waals surface area (Å²) in [5, 5.41) is 9.20. The molecule has 0 atom stereocenters. The van der Waals surface area contributed by atoms with Gasteiger partial charge in [-0.3, -0.25) is 4.57 Å². The van der Waals surface area contributed by atoms with Crippen molar-refractivity contribution in [2.75, 3.05) is 0 Å². The van der Waals surface area contributed by atoms with Gasteiger partial charge in [0.2, 0.25) is 5.95 Å². The molecular weight excluding hydrogens is 461 g/mol. The molecule has 0 saturated heterocycles. The number of nitrogens with zero attached hydrogens (tertiary/aromatic N) is 8. The second-order valence-corrected chi connectivity index (χ2v) is 7.77. The average molecular weight is 481 g/mol. The lowest BCUT2D eigenvalue weighted by atomic mass is 10.2. The highest BCUT2D eigenvalue weighted by Crippen LogP contribution is 2.23. The molecular formula is C20H20ClF3N8O. The molecule has 0 amide bonds. The van der Waals surface area contributed by atoms with E-state index in [2.05, 4.69) is 20.2 Å². The average Bonchev–Trinajstić information content (AvgIpc) is 3.44. The second kappa shape index (κ2) is 8.85. The monoisotopic (exact) mass is 480 g/mol. The van der Waals surface area contributed by atoms with E-state index in [4.69, 9.17) is 11.6 Å². The van der Waals surface area contributed by atoms with E-state index in [1.165, 1.54) is 0 Å². The summed E-state index contributed by atoms with van der Waals surface area (Å²) in [4.78, 5) is 21.7. The number of hydrogen-bond donors (Lipinski definition) is 0. The Kier molecular flexibility index (Phi) is 6.11. The predicted molar refractivity (Wildman–Crippen MR) is 114 cm³/mol. The first kappa shape index (κ1) is 22.8. The van der Waals surface area contributed by atoms with Crippen molar-refractivity contribution in [3.8, 4) is 17.3 Å². The van der Waals surface area contributed by atoms with Gasteiger partial charge < -0.3 is 4.57 Å². The van der Waals surface area contributed by atoms with Crippen LogP contribution in [0.3, 0.4) is 0 Å². The van der Waals surface area contributed by atoms with Crippen molar-refractivity contribution in [2.45, 2.75) is 39.0 Å². The third kappa shape index (κ3) is 4.85. The third-order valence-corrected chi connectivity index (χ3v) is 5.21. The molecule has 9 nitrogen and oxygen atoms in total. The van der Waals surface area contributed by atoms with Crippen molar-refractivity contribution in [3.05, 3.63) is 63.8 Å². The Morgan fingerprint density at radius 3 is 2.45 bits per heavy atom. The Morgan fingerprint density at radius 1 is 1.12 bits per heavy atom. The molecule has 0 aliphatic rings. The van der Waals surface area contributed by atoms with Gasteiger partial charge in [-0.1, -0.05) is 18.5 Å². The summed E-state index contributed by atoms with van der Waals surface area (Å²) in [6, 6.07) is 6.36. The molecule has 1 aromatic carbocycles. The van der Waals surface area contributed by atoms with Crippen LogP contribution in [0.1, 0.15) is 25.0 Å². The Hall–Kier alpha value is -3.41. The maximum absolute atomic E-state index is 13.0. The van der Waals surface area contributed by atoms with Gasteiger partial charge in [-0.05, 0) is 24.3 Å². The van der Waals surface area contributed by atoms with Crippen molar-refractivity contribution in [1.82, 2.24) is 38.7 Å². The van der Waals surface area contributed by atoms with Gasteiger partial charge in [0.15, 0.2) is 11.6 Å². The van der Waals surface area contributed by atoms with E-state index in [1.54, 1.807) is 45.9 Å². The van der Waals surface area contributed by atoms with Crippen molar-refractivity contribution in [3.63, 3.8) is 0 Å². The summed E-state index contributed by atoms with van der Waals surface area (Å²) in [5.74, 6) is 1.58. The van der Waals surface area contributed by atoms with Crippen LogP contribution in [0.4, 0.5) is 13.2 Å². The molecule has 0 fully saturated rings. The first-order chi connectivity index (χ1) is 15.7. The van der Waals surface area contributed by atoms with Gasteiger partial charge in [0.25, 0.3) is 0 Å². The van der Waals surface area contributed by atoms with Crippen LogP contribution in [0, 0.1) is 0 Å². The minimum absolute atomic E-state index is 0.108. The van der Waals surface area contributed by atoms with Crippen LogP contribution in [0.25, 0.3) is 17.3 Å². The van der Waals surface area contributed by atoms with Crippen LogP contribution in [0.15, 0.2) is 41.5 Å². The highest BCUT2D eigenvalue weighted by Gasteiger charge is 2.28. The van der Waals surface area contributed by atoms with Gasteiger partial charge in [-0.15, -0.1) is 10.2 Å². The Labute approximate surface area is 191 Å². The summed E-state index contributed by atoms with van der Waals surface area (Å²) < 4.78 is 44.0. The zero-order chi connectivity index (χ0) is 23.8. The standard InChI is InChI=1S/C20H20ClF3N8O/c1-3-16-26-15(27-32(16)18-25-9-11-29(18)2)12-31-19(33)30(10-8-20(22,23)24)17(28-31)13-4-6-14(21)7-5-13/h4-7,9,11H,3,8,10,12H2,1-2H3. The van der Waals surface area contributed by atoms with E-state index >= 15 is 0 Å². The second-order valence-electron chi connectivity index (χ2n) is 7.34. The summed E-state index contributed by atoms with van der Waals surface area (Å²) in [5.41, 5.74) is -0.214. The first-order valence-corrected chi connectivity index (χ1v) is 10.5. The van der Waals surface area contributed by atoms with Crippen molar-refractivity contribution in [1.29, 1.82) is 0 Å². The van der Waals surface area contributed by atoms with E-state index in [1.807, 2.05) is 14.0 Å². The first-order valence-electron chi connectivity index (χ1n) is 10.1. The Morgan fingerprint density at radius 2 is 1.85 bits per heavy atom. The molecule has 3 heterocycles. The van der Waals surface area contributed by atoms with Crippen LogP contribution in [0.2, 0.25) is 5.02 Å². The fraction of sp³-hybridized carbons (Fsp3) is 0.350. The molecule has 3 aromatic heterocycles. The summed E-state index contributed by atoms with van der Waals surface area (Å²) in [6.45, 7) is 1.24. The van der Waals surface area contributed by atoms with Crippen molar-refractivity contribution >= 4 is 11.6 Å². The summed E-state index contributed by atoms with van der Waals surface area (Å²) in [7, 11) is 1.81. The minimum Gasteiger partial charge on any atom is -0.319 e. The molecule has 4 rings (SSSR count). The number of halogens is 4. The molecule has 0 N–H and O–H groups in total. The smallest absolute Gasteiger partial charge is 0.319 e. The SMILES string of the molecule is CCc1nc(Cn2nc(-c3ccc(Cl)cc3)n(CCC(F)(F)F)c2=O)nn1-c1nccn1C.